The van der Waals surface area contributed by atoms with Crippen LogP contribution in [0.15, 0.2) is 340 Å². The van der Waals surface area contributed by atoms with Gasteiger partial charge in [-0.2, -0.15) is 0 Å². The van der Waals surface area contributed by atoms with Crippen LogP contribution in [0.3, 0.4) is 0 Å². The van der Waals surface area contributed by atoms with Crippen LogP contribution in [-0.4, -0.2) is 0 Å². The van der Waals surface area contributed by atoms with Crippen LogP contribution >= 0.6 is 0 Å². The molecule has 0 aliphatic rings. The third-order valence-electron chi connectivity index (χ3n) is 14.7. The molecule has 14 aromatic carbocycles. The first-order valence-corrected chi connectivity index (χ1v) is 29.0. The number of hydrogen-bond donors (Lipinski definition) is 0. The van der Waals surface area contributed by atoms with Crippen molar-refractivity contribution in [2.75, 3.05) is 0 Å². The van der Waals surface area contributed by atoms with Gasteiger partial charge in [-0.3, -0.25) is 0 Å². The van der Waals surface area contributed by atoms with E-state index in [2.05, 4.69) is 363 Å². The first kappa shape index (κ1) is 58.5. The van der Waals surface area contributed by atoms with E-state index in [-0.39, 0.29) is 0 Å². The molecule has 410 valence electrons. The Labute approximate surface area is 499 Å². The highest BCUT2D eigenvalue weighted by Crippen LogP contribution is 2.30. The van der Waals surface area contributed by atoms with Crippen molar-refractivity contribution in [1.82, 2.24) is 0 Å². The van der Waals surface area contributed by atoms with Crippen molar-refractivity contribution in [3.8, 4) is 55.6 Å². The number of fused-ring (bicyclic) bond motifs is 3. The molecule has 0 amide bonds. The summed E-state index contributed by atoms with van der Waals surface area (Å²) in [6.45, 7) is 12.7. The molecule has 84 heavy (non-hydrogen) atoms. The lowest BCUT2D eigenvalue weighted by molar-refractivity contribution is 1.46. The van der Waals surface area contributed by atoms with Crippen molar-refractivity contribution in [1.29, 1.82) is 0 Å². The van der Waals surface area contributed by atoms with E-state index in [1.54, 1.807) is 0 Å². The van der Waals surface area contributed by atoms with Crippen LogP contribution in [0.2, 0.25) is 0 Å². The van der Waals surface area contributed by atoms with Gasteiger partial charge < -0.3 is 0 Å². The van der Waals surface area contributed by atoms with Gasteiger partial charge in [0, 0.05) is 0 Å². The lowest BCUT2D eigenvalue weighted by Crippen LogP contribution is -1.81. The molecule has 0 nitrogen and oxygen atoms in total. The fraction of sp³-hybridized carbons (Fsp3) is 0.0714. The van der Waals surface area contributed by atoms with Crippen molar-refractivity contribution >= 4 is 32.3 Å². The first-order valence-electron chi connectivity index (χ1n) is 29.0. The van der Waals surface area contributed by atoms with E-state index in [1.807, 2.05) is 18.2 Å². The summed E-state index contributed by atoms with van der Waals surface area (Å²) >= 11 is 0. The van der Waals surface area contributed by atoms with E-state index < -0.39 is 0 Å². The number of rotatable bonds is 5. The van der Waals surface area contributed by atoms with Gasteiger partial charge in [-0.1, -0.05) is 361 Å². The van der Waals surface area contributed by atoms with Crippen molar-refractivity contribution in [2.24, 2.45) is 0 Å². The molecule has 14 rings (SSSR count). The number of hydrogen-bond acceptors (Lipinski definition) is 0. The average Bonchev–Trinajstić information content (AvgIpc) is 3.74. The van der Waals surface area contributed by atoms with Gasteiger partial charge in [-0.25, -0.2) is 0 Å². The zero-order chi connectivity index (χ0) is 58.3. The van der Waals surface area contributed by atoms with Crippen LogP contribution < -0.4 is 0 Å². The van der Waals surface area contributed by atoms with Gasteiger partial charge in [0.25, 0.3) is 0 Å². The van der Waals surface area contributed by atoms with Crippen LogP contribution in [-0.2, 0) is 0 Å². The van der Waals surface area contributed by atoms with Crippen molar-refractivity contribution < 1.29 is 0 Å². The minimum Gasteiger partial charge on any atom is -0.0622 e. The third-order valence-corrected chi connectivity index (χ3v) is 14.7. The third kappa shape index (κ3) is 17.0. The minimum absolute atomic E-state index is 1.28. The van der Waals surface area contributed by atoms with Gasteiger partial charge in [0.2, 0.25) is 0 Å². The Morgan fingerprint density at radius 2 is 0.476 bits per heavy atom. The van der Waals surface area contributed by atoms with E-state index in [0.29, 0.717) is 0 Å². The molecule has 0 saturated carbocycles. The van der Waals surface area contributed by atoms with Crippen LogP contribution in [0.4, 0.5) is 0 Å². The second kappa shape index (κ2) is 30.1. The van der Waals surface area contributed by atoms with Gasteiger partial charge in [-0.15, -0.1) is 0 Å². The van der Waals surface area contributed by atoms with Gasteiger partial charge in [0.15, 0.2) is 0 Å². The van der Waals surface area contributed by atoms with Crippen molar-refractivity contribution in [2.45, 2.75) is 41.5 Å². The lowest BCUT2D eigenvalue weighted by Gasteiger charge is -2.07. The Morgan fingerprint density at radius 3 is 1.04 bits per heavy atom. The summed E-state index contributed by atoms with van der Waals surface area (Å²) in [5.41, 5.74) is 20.8. The maximum absolute atomic E-state index is 2.25. The van der Waals surface area contributed by atoms with Gasteiger partial charge in [0.05, 0.1) is 0 Å². The molecule has 14 aromatic rings. The molecule has 0 atom stereocenters. The molecule has 0 heteroatoms. The molecule has 0 heterocycles. The summed E-state index contributed by atoms with van der Waals surface area (Å²) in [4.78, 5) is 0. The predicted octanol–water partition coefficient (Wildman–Crippen LogP) is 23.8. The molecule has 0 radical (unpaired) electrons. The molecule has 0 fully saturated rings. The number of aryl methyl sites for hydroxylation is 6. The topological polar surface area (TPSA) is 0 Å². The normalized spacial score (nSPS) is 10.3. The Hall–Kier alpha value is -10.1. The molecule has 0 saturated heterocycles. The minimum atomic E-state index is 1.28. The molecule has 0 unspecified atom stereocenters. The van der Waals surface area contributed by atoms with E-state index in [4.69, 9.17) is 0 Å². The monoisotopic (exact) mass is 1080 g/mol. The van der Waals surface area contributed by atoms with Gasteiger partial charge in [0.1, 0.15) is 0 Å². The van der Waals surface area contributed by atoms with Gasteiger partial charge >= 0.3 is 0 Å². The van der Waals surface area contributed by atoms with E-state index >= 15 is 0 Å². The van der Waals surface area contributed by atoms with Crippen molar-refractivity contribution in [3.63, 3.8) is 0 Å². The molecule has 0 spiro atoms. The number of benzene rings is 14. The van der Waals surface area contributed by atoms with Crippen LogP contribution in [0.5, 0.6) is 0 Å². The summed E-state index contributed by atoms with van der Waals surface area (Å²) in [6, 6.07) is 119. The van der Waals surface area contributed by atoms with Gasteiger partial charge in [-0.05, 0) is 141 Å². The summed E-state index contributed by atoms with van der Waals surface area (Å²) in [6.07, 6.45) is 0. The standard InChI is InChI=1S/2C17H14.3C13H12.C11H10/c1-13-9-11-15(12-10-13)17-8-4-6-14-5-2-3-7-16(14)17;1-13-6-8-15(9-7-13)17-11-10-14-4-2-3-5-16(14)12-17;1-11-7-5-6-10-13(11)12-8-3-2-4-9-12;1-11-6-5-9-13(10-11)12-7-3-2-4-8-12;1-11-7-9-13(10-8-11)12-5-3-2-4-6-12;1-9-6-7-10-4-2-3-5-11(10)8-9/h2*2-12H,1H3;3*2-10H,1H3;2-8H,1H3. The Bertz CT molecular complexity index is 4240. The zero-order valence-electron chi connectivity index (χ0n) is 49.3. The quantitative estimate of drug-likeness (QED) is 0.161. The fourth-order valence-electron chi connectivity index (χ4n) is 9.98. The highest BCUT2D eigenvalue weighted by molar-refractivity contribution is 5.96. The molecule has 0 aliphatic carbocycles. The second-order valence-corrected chi connectivity index (χ2v) is 21.3. The van der Waals surface area contributed by atoms with Crippen LogP contribution in [0.1, 0.15) is 33.4 Å². The highest BCUT2D eigenvalue weighted by Gasteiger charge is 2.04. The predicted molar refractivity (Wildman–Crippen MR) is 367 cm³/mol. The highest BCUT2D eigenvalue weighted by atomic mass is 14.1. The average molecular weight is 1080 g/mol. The zero-order valence-corrected chi connectivity index (χ0v) is 49.3. The first-order chi connectivity index (χ1) is 41.1. The summed E-state index contributed by atoms with van der Waals surface area (Å²) in [7, 11) is 0. The van der Waals surface area contributed by atoms with Crippen LogP contribution in [0, 0.1) is 41.5 Å². The summed E-state index contributed by atoms with van der Waals surface area (Å²) < 4.78 is 0. The van der Waals surface area contributed by atoms with Crippen molar-refractivity contribution in [3.05, 3.63) is 373 Å². The van der Waals surface area contributed by atoms with E-state index in [1.165, 1.54) is 121 Å². The summed E-state index contributed by atoms with van der Waals surface area (Å²) in [5, 5.41) is 7.85. The molecule has 0 bridgehead atoms. The molecule has 0 aromatic heterocycles. The largest absolute Gasteiger partial charge is 0.0622 e. The SMILES string of the molecule is Cc1ccc(-c2ccc3ccccc3c2)cc1.Cc1ccc(-c2cccc3ccccc23)cc1.Cc1ccc(-c2ccccc2)cc1.Cc1ccc2ccccc2c1.Cc1cccc(-c2ccccc2)c1.Cc1ccccc1-c1ccccc1. The van der Waals surface area contributed by atoms with Crippen LogP contribution in [0.25, 0.3) is 88.0 Å². The maximum atomic E-state index is 2.25. The lowest BCUT2D eigenvalue weighted by atomic mass is 9.98. The molecular formula is C84H74. The molecule has 0 aliphatic heterocycles. The second-order valence-electron chi connectivity index (χ2n) is 21.3. The Kier molecular flexibility index (Phi) is 20.9. The van der Waals surface area contributed by atoms with E-state index in [0.717, 1.165) is 0 Å². The smallest absolute Gasteiger partial charge is 0.0105 e. The summed E-state index contributed by atoms with van der Waals surface area (Å²) in [5.74, 6) is 0. The van der Waals surface area contributed by atoms with E-state index in [9.17, 15) is 0 Å². The Balaban J connectivity index is 0.000000122. The Morgan fingerprint density at radius 1 is 0.155 bits per heavy atom. The molecule has 0 N–H and O–H groups in total. The maximum Gasteiger partial charge on any atom is -0.0105 e. The molecular weight excluding hydrogens is 1010 g/mol. The fourth-order valence-corrected chi connectivity index (χ4v) is 9.98.